The van der Waals surface area contributed by atoms with Crippen molar-refractivity contribution in [3.8, 4) is 22.8 Å². The van der Waals surface area contributed by atoms with E-state index in [0.717, 1.165) is 12.0 Å². The maximum atomic E-state index is 14.8. The molecule has 1 aliphatic heterocycles. The molecule has 2 saturated carbocycles. The van der Waals surface area contributed by atoms with Gasteiger partial charge in [0.05, 0.1) is 29.6 Å². The van der Waals surface area contributed by atoms with Crippen LogP contribution < -0.4 is 24.8 Å². The Hall–Kier alpha value is -5.18. The number of aromatic nitrogens is 1. The maximum Gasteiger partial charge on any atom is 0.408 e. The predicted octanol–water partition coefficient (Wildman–Crippen LogP) is 6.43. The third-order valence-electron chi connectivity index (χ3n) is 11.6. The number of carbonyl (C=O) groups excluding carboxylic acids is 4. The first-order valence-electron chi connectivity index (χ1n) is 20.7. The number of sulfonamides is 1. The molecule has 14 nitrogen and oxygen atoms in total. The second-order valence-corrected chi connectivity index (χ2v) is 20.5. The zero-order valence-corrected chi connectivity index (χ0v) is 36.7. The van der Waals surface area contributed by atoms with Crippen LogP contribution >= 0.6 is 0 Å². The molecule has 15 heteroatoms. The topological polar surface area (TPSA) is 182 Å². The van der Waals surface area contributed by atoms with Gasteiger partial charge in [-0.1, -0.05) is 76.9 Å². The minimum absolute atomic E-state index is 0.0103. The second kappa shape index (κ2) is 16.7. The molecule has 3 aliphatic rings. The van der Waals surface area contributed by atoms with Crippen molar-refractivity contribution >= 4 is 44.7 Å². The molecule has 4 amide bonds. The first kappa shape index (κ1) is 44.4. The van der Waals surface area contributed by atoms with Gasteiger partial charge in [0.15, 0.2) is 0 Å². The molecule has 2 heterocycles. The quantitative estimate of drug-likeness (QED) is 0.144. The molecule has 324 valence electrons. The van der Waals surface area contributed by atoms with E-state index in [-0.39, 0.29) is 19.4 Å². The lowest BCUT2D eigenvalue weighted by atomic mass is 9.85. The van der Waals surface area contributed by atoms with Gasteiger partial charge in [-0.3, -0.25) is 19.1 Å². The lowest BCUT2D eigenvalue weighted by molar-refractivity contribution is -0.143. The molecule has 1 saturated heterocycles. The van der Waals surface area contributed by atoms with Crippen LogP contribution in [0.25, 0.3) is 22.2 Å². The standard InChI is InChI=1S/C45H59N5O9S/c1-10-12-20-44(21-22-44)60(55,56)49-40(53)45(26-29(45)11-2)48-38(51)35-24-31(27-50(35)39(52)37(42(3,4)5)47-41(54)59-43(6,7)8)58-36-25-33(28-16-14-13-15-17-28)46-34-23-30(57-9)18-19-32(34)36/h11,13-19,23,25,29,31,35,37H,2,10,12,20-22,24,26-27H2,1,3-9H3,(H,47,54)(H,48,51)(H,49,53)/t29-,31+,35-,37+,45-/m0/s1. The first-order chi connectivity index (χ1) is 28.2. The monoisotopic (exact) mass is 845 g/mol. The molecule has 6 rings (SSSR count). The molecular formula is C45H59N5O9S. The lowest BCUT2D eigenvalue weighted by Gasteiger charge is -2.36. The Bertz CT molecular complexity index is 2250. The summed E-state index contributed by atoms with van der Waals surface area (Å²) < 4.78 is 46.2. The number of benzene rings is 2. The Kier molecular flexibility index (Phi) is 12.4. The van der Waals surface area contributed by atoms with Crippen LogP contribution in [0.15, 0.2) is 67.3 Å². The molecule has 1 aromatic heterocycles. The average molecular weight is 846 g/mol. The Labute approximate surface area is 353 Å². The second-order valence-electron chi connectivity index (χ2n) is 18.4. The van der Waals surface area contributed by atoms with Crippen molar-refractivity contribution < 1.29 is 41.8 Å². The lowest BCUT2D eigenvalue weighted by Crippen LogP contribution is -2.60. The van der Waals surface area contributed by atoms with Gasteiger partial charge >= 0.3 is 6.09 Å². The molecule has 0 spiro atoms. The third-order valence-corrected chi connectivity index (χ3v) is 13.8. The van der Waals surface area contributed by atoms with E-state index in [1.165, 1.54) is 11.0 Å². The summed E-state index contributed by atoms with van der Waals surface area (Å²) >= 11 is 0. The number of methoxy groups -OCH3 is 1. The zero-order valence-electron chi connectivity index (χ0n) is 35.9. The van der Waals surface area contributed by atoms with Crippen molar-refractivity contribution in [2.24, 2.45) is 11.3 Å². The summed E-state index contributed by atoms with van der Waals surface area (Å²) in [5.41, 5.74) is -1.19. The normalized spacial score (nSPS) is 22.6. The summed E-state index contributed by atoms with van der Waals surface area (Å²) in [6, 6.07) is 14.5. The summed E-state index contributed by atoms with van der Waals surface area (Å²) in [7, 11) is -2.48. The largest absolute Gasteiger partial charge is 0.497 e. The summed E-state index contributed by atoms with van der Waals surface area (Å²) in [5, 5.41) is 6.29. The summed E-state index contributed by atoms with van der Waals surface area (Å²) in [6.45, 7) is 16.3. The van der Waals surface area contributed by atoms with Crippen molar-refractivity contribution in [3.63, 3.8) is 0 Å². The van der Waals surface area contributed by atoms with E-state index in [2.05, 4.69) is 21.9 Å². The van der Waals surface area contributed by atoms with Gasteiger partial charge in [-0.05, 0) is 64.0 Å². The predicted molar refractivity (Wildman–Crippen MR) is 229 cm³/mol. The number of carbonyl (C=O) groups is 4. The summed E-state index contributed by atoms with van der Waals surface area (Å²) in [4.78, 5) is 62.8. The minimum Gasteiger partial charge on any atom is -0.497 e. The molecule has 0 unspecified atom stereocenters. The van der Waals surface area contributed by atoms with Gasteiger partial charge in [-0.15, -0.1) is 6.58 Å². The fourth-order valence-corrected chi connectivity index (χ4v) is 9.60. The van der Waals surface area contributed by atoms with Crippen LogP contribution in [0.3, 0.4) is 0 Å². The smallest absolute Gasteiger partial charge is 0.408 e. The molecule has 3 aromatic rings. The van der Waals surface area contributed by atoms with Crippen LogP contribution in [0.2, 0.25) is 0 Å². The Morgan fingerprint density at radius 3 is 2.32 bits per heavy atom. The highest BCUT2D eigenvalue weighted by molar-refractivity contribution is 7.91. The van der Waals surface area contributed by atoms with E-state index in [4.69, 9.17) is 19.2 Å². The molecule has 3 fully saturated rings. The zero-order chi connectivity index (χ0) is 43.8. The number of likely N-dealkylation sites (tertiary alicyclic amines) is 1. The van der Waals surface area contributed by atoms with Crippen LogP contribution in [0.1, 0.15) is 93.4 Å². The Morgan fingerprint density at radius 2 is 1.73 bits per heavy atom. The van der Waals surface area contributed by atoms with Gasteiger partial charge in [0, 0.05) is 35.4 Å². The van der Waals surface area contributed by atoms with E-state index in [9.17, 15) is 27.6 Å². The minimum atomic E-state index is -4.05. The molecular weight excluding hydrogens is 787 g/mol. The molecule has 5 atom stereocenters. The highest BCUT2D eigenvalue weighted by Gasteiger charge is 2.63. The van der Waals surface area contributed by atoms with Crippen molar-refractivity contribution in [2.45, 2.75) is 127 Å². The number of amides is 4. The Morgan fingerprint density at radius 1 is 1.03 bits per heavy atom. The summed E-state index contributed by atoms with van der Waals surface area (Å²) in [5.74, 6) is -1.55. The molecule has 60 heavy (non-hydrogen) atoms. The van der Waals surface area contributed by atoms with E-state index < -0.39 is 79.2 Å². The van der Waals surface area contributed by atoms with Crippen LogP contribution in [0.4, 0.5) is 4.79 Å². The highest BCUT2D eigenvalue weighted by Crippen LogP contribution is 2.49. The van der Waals surface area contributed by atoms with E-state index in [0.29, 0.717) is 53.8 Å². The van der Waals surface area contributed by atoms with Gasteiger partial charge in [0.1, 0.15) is 40.8 Å². The van der Waals surface area contributed by atoms with Gasteiger partial charge in [-0.25, -0.2) is 18.2 Å². The number of fused-ring (bicyclic) bond motifs is 1. The first-order valence-corrected chi connectivity index (χ1v) is 22.2. The fourth-order valence-electron chi connectivity index (χ4n) is 7.90. The van der Waals surface area contributed by atoms with Gasteiger partial charge in [0.25, 0.3) is 5.91 Å². The molecule has 2 aliphatic carbocycles. The van der Waals surface area contributed by atoms with Crippen LogP contribution in [-0.4, -0.2) is 89.8 Å². The molecule has 3 N–H and O–H groups in total. The number of hydrogen-bond donors (Lipinski definition) is 3. The number of nitrogens with zero attached hydrogens (tertiary/aromatic N) is 2. The number of rotatable bonds is 15. The number of hydrogen-bond acceptors (Lipinski definition) is 10. The van der Waals surface area contributed by atoms with Crippen molar-refractivity contribution in [3.05, 3.63) is 67.3 Å². The van der Waals surface area contributed by atoms with Gasteiger partial charge in [0.2, 0.25) is 21.8 Å². The summed E-state index contributed by atoms with van der Waals surface area (Å²) in [6.07, 6.45) is 3.00. The number of alkyl carbamates (subject to hydrolysis) is 1. The van der Waals surface area contributed by atoms with Gasteiger partial charge in [-0.2, -0.15) is 0 Å². The third kappa shape index (κ3) is 9.40. The number of pyridine rings is 1. The number of unbranched alkanes of at least 4 members (excludes halogenated alkanes) is 1. The van der Waals surface area contributed by atoms with Crippen molar-refractivity contribution in [1.82, 2.24) is 25.2 Å². The molecule has 2 aromatic carbocycles. The molecule has 0 radical (unpaired) electrons. The Balaban J connectivity index is 1.34. The highest BCUT2D eigenvalue weighted by atomic mass is 32.2. The fraction of sp³-hybridized carbons (Fsp3) is 0.533. The van der Waals surface area contributed by atoms with E-state index in [1.54, 1.807) is 60.8 Å². The van der Waals surface area contributed by atoms with Crippen LogP contribution in [0, 0.1) is 11.3 Å². The average Bonchev–Trinajstić information content (AvgIpc) is 4.09. The molecule has 0 bridgehead atoms. The number of nitrogens with one attached hydrogen (secondary N) is 3. The number of ether oxygens (including phenoxy) is 3. The van der Waals surface area contributed by atoms with Crippen molar-refractivity contribution in [1.29, 1.82) is 0 Å². The van der Waals surface area contributed by atoms with Crippen LogP contribution in [-0.2, 0) is 29.1 Å². The van der Waals surface area contributed by atoms with E-state index >= 15 is 0 Å². The van der Waals surface area contributed by atoms with Crippen LogP contribution in [0.5, 0.6) is 11.5 Å². The SMILES string of the molecule is C=C[C@H]1C[C@@]1(NC(=O)[C@@H]1C[C@@H](Oc2cc(-c3ccccc3)nc3cc(OC)ccc23)CN1C(=O)[C@@H](NC(=O)OC(C)(C)C)C(C)(C)C)C(=O)NS(=O)(=O)C1(CCCC)CC1. The van der Waals surface area contributed by atoms with Crippen molar-refractivity contribution in [2.75, 3.05) is 13.7 Å². The van der Waals surface area contributed by atoms with E-state index in [1.807, 2.05) is 49.4 Å². The van der Waals surface area contributed by atoms with Gasteiger partial charge < -0.3 is 29.7 Å². The maximum absolute atomic E-state index is 14.8.